The van der Waals surface area contributed by atoms with E-state index in [2.05, 4.69) is 70.6 Å². The van der Waals surface area contributed by atoms with E-state index in [9.17, 15) is 0 Å². The number of hydrogen-bond acceptors (Lipinski definition) is 7. The van der Waals surface area contributed by atoms with E-state index in [0.717, 1.165) is 16.4 Å². The molecule has 1 atom stereocenters. The fourth-order valence-electron chi connectivity index (χ4n) is 3.66. The molecule has 1 aromatic carbocycles. The van der Waals surface area contributed by atoms with Crippen LogP contribution in [-0.2, 0) is 0 Å². The highest BCUT2D eigenvalue weighted by molar-refractivity contribution is 5.60. The maximum absolute atomic E-state index is 5.81. The first kappa shape index (κ1) is 19.4. The molecule has 0 radical (unpaired) electrons. The van der Waals surface area contributed by atoms with Crippen molar-refractivity contribution in [2.45, 2.75) is 40.4 Å². The van der Waals surface area contributed by atoms with Gasteiger partial charge in [-0.15, -0.1) is 5.10 Å². The third kappa shape index (κ3) is 3.93. The summed E-state index contributed by atoms with van der Waals surface area (Å²) in [7, 11) is 0. The van der Waals surface area contributed by atoms with Crippen molar-refractivity contribution in [3.8, 4) is 23.2 Å². The first-order chi connectivity index (χ1) is 14.7. The van der Waals surface area contributed by atoms with E-state index in [-0.39, 0.29) is 17.3 Å². The number of aromatic nitrogens is 4. The minimum atomic E-state index is -0.676. The molecule has 0 spiro atoms. The van der Waals surface area contributed by atoms with Gasteiger partial charge in [0.2, 0.25) is 5.79 Å². The van der Waals surface area contributed by atoms with Crippen molar-refractivity contribution in [3.63, 3.8) is 0 Å². The molecule has 0 bridgehead atoms. The maximum Gasteiger partial charge on any atom is 0.320 e. The predicted octanol–water partition coefficient (Wildman–Crippen LogP) is 3.50. The van der Waals surface area contributed by atoms with Crippen molar-refractivity contribution in [2.75, 3.05) is 5.32 Å². The van der Waals surface area contributed by atoms with E-state index in [1.54, 1.807) is 0 Å². The number of benzene rings is 1. The summed E-state index contributed by atoms with van der Waals surface area (Å²) in [4.78, 5) is 8.01. The lowest BCUT2D eigenvalue weighted by Crippen LogP contribution is -2.29. The second kappa shape index (κ2) is 6.73. The normalized spacial score (nSPS) is 23.5. The molecule has 3 heterocycles. The molecule has 5 rings (SSSR count). The Labute approximate surface area is 179 Å². The molecule has 1 unspecified atom stereocenters. The Hall–Kier alpha value is -3.55. The Balaban J connectivity index is 1.42. The van der Waals surface area contributed by atoms with Gasteiger partial charge in [-0.25, -0.2) is 4.98 Å². The quantitative estimate of drug-likeness (QED) is 0.627. The van der Waals surface area contributed by atoms with Crippen LogP contribution in [0.25, 0.3) is 23.9 Å². The lowest BCUT2D eigenvalue weighted by Gasteiger charge is -2.16. The van der Waals surface area contributed by atoms with Gasteiger partial charge in [-0.1, -0.05) is 38.0 Å². The van der Waals surface area contributed by atoms with Gasteiger partial charge < -0.3 is 24.2 Å². The molecule has 2 N–H and O–H groups in total. The second-order valence-corrected chi connectivity index (χ2v) is 9.04. The van der Waals surface area contributed by atoms with Crippen LogP contribution in [-0.4, -0.2) is 26.0 Å². The molecule has 1 aliphatic heterocycles. The number of hydrogen-bond donors (Lipinski definition) is 2. The van der Waals surface area contributed by atoms with Crippen molar-refractivity contribution < 1.29 is 13.9 Å². The van der Waals surface area contributed by atoms with Crippen LogP contribution in [0.3, 0.4) is 0 Å². The number of H-pyrrole nitrogens is 1. The Morgan fingerprint density at radius 2 is 1.87 bits per heavy atom. The average Bonchev–Trinajstić information content (AvgIpc) is 3.35. The minimum Gasteiger partial charge on any atom is -0.449 e. The first-order valence-electron chi connectivity index (χ1n) is 10.3. The predicted molar refractivity (Wildman–Crippen MR) is 117 cm³/mol. The van der Waals surface area contributed by atoms with E-state index < -0.39 is 5.79 Å². The molecule has 2 aromatic heterocycles. The summed E-state index contributed by atoms with van der Waals surface area (Å²) in [6.45, 7) is 10.2. The summed E-state index contributed by atoms with van der Waals surface area (Å²) in [6.07, 6.45) is 8.66. The monoisotopic (exact) mass is 419 g/mol. The lowest BCUT2D eigenvalue weighted by molar-refractivity contribution is -0.0431. The smallest absolute Gasteiger partial charge is 0.320 e. The molecular weight excluding hydrogens is 394 g/mol. The number of nitrogens with one attached hydrogen (secondary N) is 2. The molecule has 8 nitrogen and oxygen atoms in total. The number of nitrogens with zero attached hydrogens (tertiary/aromatic N) is 3. The summed E-state index contributed by atoms with van der Waals surface area (Å²) < 4.78 is 17.3. The van der Waals surface area contributed by atoms with Crippen LogP contribution >= 0.6 is 0 Å². The molecule has 2 aliphatic rings. The van der Waals surface area contributed by atoms with Gasteiger partial charge in [0.05, 0.1) is 10.7 Å². The van der Waals surface area contributed by atoms with Crippen molar-refractivity contribution in [3.05, 3.63) is 41.0 Å². The SMILES string of the molecule is CC1/C=C\C(C)(C)/C=c2/[nH]c(-c3nnc(Nc4ccc5c(c4)OC(C)(C)O5)o3)n/c2=C/1. The molecule has 8 heteroatoms. The highest BCUT2D eigenvalue weighted by Crippen LogP contribution is 2.41. The van der Waals surface area contributed by atoms with Crippen LogP contribution in [0, 0.1) is 11.3 Å². The van der Waals surface area contributed by atoms with Crippen LogP contribution in [0.1, 0.15) is 34.6 Å². The molecule has 0 amide bonds. The van der Waals surface area contributed by atoms with Crippen LogP contribution in [0.2, 0.25) is 0 Å². The van der Waals surface area contributed by atoms with Crippen molar-refractivity contribution in [1.29, 1.82) is 0 Å². The molecule has 31 heavy (non-hydrogen) atoms. The Kier molecular flexibility index (Phi) is 4.22. The fraction of sp³-hybridized carbons (Fsp3) is 0.348. The van der Waals surface area contributed by atoms with Gasteiger partial charge in [-0.2, -0.15) is 0 Å². The van der Waals surface area contributed by atoms with E-state index in [4.69, 9.17) is 13.9 Å². The van der Waals surface area contributed by atoms with Crippen molar-refractivity contribution >= 4 is 23.9 Å². The lowest BCUT2D eigenvalue weighted by atomic mass is 9.90. The molecular formula is C23H25N5O3. The number of allylic oxidation sites excluding steroid dienone is 2. The zero-order chi connectivity index (χ0) is 21.8. The van der Waals surface area contributed by atoms with Crippen molar-refractivity contribution in [1.82, 2.24) is 20.2 Å². The minimum absolute atomic E-state index is 0.0868. The van der Waals surface area contributed by atoms with Gasteiger partial charge >= 0.3 is 6.01 Å². The Bertz CT molecular complexity index is 1300. The highest BCUT2D eigenvalue weighted by atomic mass is 16.7. The number of anilines is 2. The summed E-state index contributed by atoms with van der Waals surface area (Å²) >= 11 is 0. The number of imidazole rings is 1. The summed E-state index contributed by atoms with van der Waals surface area (Å²) in [5.41, 5.74) is 0.668. The Morgan fingerprint density at radius 3 is 2.71 bits per heavy atom. The van der Waals surface area contributed by atoms with Crippen LogP contribution in [0.4, 0.5) is 11.7 Å². The van der Waals surface area contributed by atoms with Crippen LogP contribution in [0.15, 0.2) is 34.8 Å². The summed E-state index contributed by atoms with van der Waals surface area (Å²) in [5.74, 6) is 1.82. The van der Waals surface area contributed by atoms with Crippen LogP contribution < -0.4 is 25.5 Å². The van der Waals surface area contributed by atoms with E-state index in [1.165, 1.54) is 0 Å². The van der Waals surface area contributed by atoms with Gasteiger partial charge in [-0.3, -0.25) is 0 Å². The average molecular weight is 419 g/mol. The number of fused-ring (bicyclic) bond motifs is 2. The summed E-state index contributed by atoms with van der Waals surface area (Å²) in [6, 6.07) is 5.82. The second-order valence-electron chi connectivity index (χ2n) is 9.04. The fourth-order valence-corrected chi connectivity index (χ4v) is 3.66. The van der Waals surface area contributed by atoms with Gasteiger partial charge in [0, 0.05) is 31.0 Å². The zero-order valence-corrected chi connectivity index (χ0v) is 18.2. The third-order valence-electron chi connectivity index (χ3n) is 5.06. The topological polar surface area (TPSA) is 98.1 Å². The largest absolute Gasteiger partial charge is 0.449 e. The molecule has 3 aromatic rings. The maximum atomic E-state index is 5.81. The van der Waals surface area contributed by atoms with E-state index in [1.807, 2.05) is 32.0 Å². The van der Waals surface area contributed by atoms with Crippen molar-refractivity contribution in [2.24, 2.45) is 11.3 Å². The van der Waals surface area contributed by atoms with Gasteiger partial charge in [0.15, 0.2) is 17.3 Å². The number of ether oxygens (including phenoxy) is 2. The zero-order valence-electron chi connectivity index (χ0n) is 18.2. The molecule has 0 saturated carbocycles. The molecule has 0 fully saturated rings. The Morgan fingerprint density at radius 1 is 1.06 bits per heavy atom. The van der Waals surface area contributed by atoms with Gasteiger partial charge in [0.1, 0.15) is 0 Å². The number of aromatic amines is 1. The summed E-state index contributed by atoms with van der Waals surface area (Å²) in [5, 5.41) is 13.2. The molecule has 160 valence electrons. The van der Waals surface area contributed by atoms with E-state index in [0.29, 0.717) is 23.2 Å². The third-order valence-corrected chi connectivity index (χ3v) is 5.06. The van der Waals surface area contributed by atoms with Gasteiger partial charge in [-0.05, 0) is 30.2 Å². The molecule has 1 aliphatic carbocycles. The first-order valence-corrected chi connectivity index (χ1v) is 10.3. The number of rotatable bonds is 3. The standard InChI is InChI=1S/C23H25N5O3/c1-13-8-9-22(2,3)12-16-15(10-13)25-19(26-16)20-27-28-21(29-20)24-14-6-7-17-18(11-14)31-23(4,5)30-17/h6-13H,1-5H3,(H,24,28)(H,25,26)/b9-8-,15-10+,16-12+. The highest BCUT2D eigenvalue weighted by Gasteiger charge is 2.31. The van der Waals surface area contributed by atoms with E-state index >= 15 is 0 Å². The molecule has 0 saturated heterocycles. The van der Waals surface area contributed by atoms with Crippen LogP contribution in [0.5, 0.6) is 11.5 Å². The van der Waals surface area contributed by atoms with Gasteiger partial charge in [0.25, 0.3) is 5.89 Å².